The highest BCUT2D eigenvalue weighted by Crippen LogP contribution is 2.31. The maximum absolute atomic E-state index is 11.4. The Morgan fingerprint density at radius 3 is 2.52 bits per heavy atom. The predicted molar refractivity (Wildman–Crippen MR) is 99.3 cm³/mol. The van der Waals surface area contributed by atoms with Gasteiger partial charge in [0.05, 0.1) is 5.69 Å². The molecule has 0 saturated heterocycles. The number of urea groups is 1. The number of carbonyl (C=O) groups excluding carboxylic acids is 2. The molecule has 0 bridgehead atoms. The lowest BCUT2D eigenvalue weighted by atomic mass is 10.0. The first-order valence-corrected chi connectivity index (χ1v) is 8.91. The van der Waals surface area contributed by atoms with Gasteiger partial charge in [-0.15, -0.1) is 0 Å². The summed E-state index contributed by atoms with van der Waals surface area (Å²) in [5, 5.41) is 3.13. The number of benzene rings is 1. The van der Waals surface area contributed by atoms with Crippen LogP contribution in [0, 0.1) is 0 Å². The Kier molecular flexibility index (Phi) is 6.60. The van der Waals surface area contributed by atoms with Crippen LogP contribution >= 0.6 is 23.4 Å². The minimum atomic E-state index is -0.865. The molecule has 2 aromatic rings. The molecule has 7 nitrogen and oxygen atoms in total. The van der Waals surface area contributed by atoms with Gasteiger partial charge in [0.25, 0.3) is 0 Å². The van der Waals surface area contributed by atoms with Gasteiger partial charge in [0.15, 0.2) is 5.16 Å². The Morgan fingerprint density at radius 2 is 1.92 bits per heavy atom. The van der Waals surface area contributed by atoms with E-state index >= 15 is 0 Å². The van der Waals surface area contributed by atoms with Gasteiger partial charge < -0.3 is 11.5 Å². The third-order valence-corrected chi connectivity index (χ3v) is 4.38. The molecule has 25 heavy (non-hydrogen) atoms. The Morgan fingerprint density at radius 1 is 1.24 bits per heavy atom. The molecular weight excluding hydrogens is 362 g/mol. The van der Waals surface area contributed by atoms with Gasteiger partial charge in [-0.05, 0) is 24.1 Å². The van der Waals surface area contributed by atoms with Crippen molar-refractivity contribution >= 4 is 41.1 Å². The highest BCUT2D eigenvalue weighted by atomic mass is 35.5. The van der Waals surface area contributed by atoms with Crippen LogP contribution in [-0.4, -0.2) is 27.7 Å². The second-order valence-electron chi connectivity index (χ2n) is 5.08. The van der Waals surface area contributed by atoms with Crippen molar-refractivity contribution in [1.29, 1.82) is 0 Å². The standard InChI is InChI=1S/C16H18ClN5O2S/c1-2-11-13(9-3-5-10(17)6-4-9)14(18)22-16(20-11)25-8-7-12(23)21-15(19)24/h3-6H,2,7-8H2,1H3,(H2,18,20,22)(H3,19,21,23,24). The van der Waals surface area contributed by atoms with E-state index in [4.69, 9.17) is 23.1 Å². The number of hydrogen-bond donors (Lipinski definition) is 3. The van der Waals surface area contributed by atoms with Crippen LogP contribution in [0.5, 0.6) is 0 Å². The van der Waals surface area contributed by atoms with Crippen LogP contribution in [0.4, 0.5) is 10.6 Å². The van der Waals surface area contributed by atoms with Gasteiger partial charge in [-0.25, -0.2) is 14.8 Å². The van der Waals surface area contributed by atoms with Crippen molar-refractivity contribution < 1.29 is 9.59 Å². The molecule has 0 atom stereocenters. The van der Waals surface area contributed by atoms with E-state index in [-0.39, 0.29) is 6.42 Å². The number of nitrogens with one attached hydrogen (secondary N) is 1. The van der Waals surface area contributed by atoms with Gasteiger partial charge in [-0.1, -0.05) is 42.4 Å². The van der Waals surface area contributed by atoms with Crippen molar-refractivity contribution in [1.82, 2.24) is 15.3 Å². The largest absolute Gasteiger partial charge is 0.383 e. The van der Waals surface area contributed by atoms with Gasteiger partial charge >= 0.3 is 6.03 Å². The van der Waals surface area contributed by atoms with Gasteiger partial charge in [-0.3, -0.25) is 10.1 Å². The molecular formula is C16H18ClN5O2S. The first-order valence-electron chi connectivity index (χ1n) is 7.55. The normalized spacial score (nSPS) is 10.5. The second-order valence-corrected chi connectivity index (χ2v) is 6.58. The van der Waals surface area contributed by atoms with E-state index in [1.165, 1.54) is 11.8 Å². The van der Waals surface area contributed by atoms with E-state index in [1.54, 1.807) is 12.1 Å². The second kappa shape index (κ2) is 8.68. The number of halogens is 1. The van der Waals surface area contributed by atoms with E-state index in [9.17, 15) is 9.59 Å². The molecule has 2 rings (SSSR count). The molecule has 3 amide bonds. The third kappa shape index (κ3) is 5.33. The number of nitrogen functional groups attached to an aromatic ring is 1. The van der Waals surface area contributed by atoms with E-state index < -0.39 is 11.9 Å². The molecule has 0 saturated carbocycles. The highest BCUT2D eigenvalue weighted by molar-refractivity contribution is 7.99. The predicted octanol–water partition coefficient (Wildman–Crippen LogP) is 2.62. The zero-order valence-electron chi connectivity index (χ0n) is 13.6. The molecule has 0 unspecified atom stereocenters. The number of nitrogens with two attached hydrogens (primary N) is 2. The van der Waals surface area contributed by atoms with Crippen molar-refractivity contribution in [2.75, 3.05) is 11.5 Å². The molecule has 1 heterocycles. The number of anilines is 1. The Labute approximate surface area is 154 Å². The summed E-state index contributed by atoms with van der Waals surface area (Å²) in [6.07, 6.45) is 0.803. The maximum atomic E-state index is 11.4. The molecule has 1 aromatic carbocycles. The Bertz CT molecular complexity index is 783. The van der Waals surface area contributed by atoms with Crippen LogP contribution in [0.1, 0.15) is 19.0 Å². The Hall–Kier alpha value is -2.32. The minimum absolute atomic E-state index is 0.122. The zero-order chi connectivity index (χ0) is 18.4. The lowest BCUT2D eigenvalue weighted by molar-refractivity contribution is -0.119. The fraction of sp³-hybridized carbons (Fsp3) is 0.250. The van der Waals surface area contributed by atoms with Crippen LogP contribution in [-0.2, 0) is 11.2 Å². The van der Waals surface area contributed by atoms with Crippen molar-refractivity contribution in [2.24, 2.45) is 5.73 Å². The number of hydrogen-bond acceptors (Lipinski definition) is 6. The summed E-state index contributed by atoms with van der Waals surface area (Å²) in [7, 11) is 0. The quantitative estimate of drug-likeness (QED) is 0.523. The molecule has 132 valence electrons. The summed E-state index contributed by atoms with van der Waals surface area (Å²) in [5.74, 6) is 0.335. The van der Waals surface area contributed by atoms with Crippen LogP contribution in [0.15, 0.2) is 29.4 Å². The SMILES string of the molecule is CCc1nc(SCCC(=O)NC(N)=O)nc(N)c1-c1ccc(Cl)cc1. The number of thioether (sulfide) groups is 1. The molecule has 9 heteroatoms. The average Bonchev–Trinajstić information content (AvgIpc) is 2.54. The topological polar surface area (TPSA) is 124 Å². The number of aromatic nitrogens is 2. The zero-order valence-corrected chi connectivity index (χ0v) is 15.2. The fourth-order valence-corrected chi connectivity index (χ4v) is 3.12. The number of imide groups is 1. The molecule has 0 aliphatic rings. The number of primary amides is 1. The molecule has 1 aromatic heterocycles. The lowest BCUT2D eigenvalue weighted by Gasteiger charge is -2.12. The summed E-state index contributed by atoms with van der Waals surface area (Å²) in [6.45, 7) is 1.98. The number of rotatable bonds is 6. The third-order valence-electron chi connectivity index (χ3n) is 3.28. The minimum Gasteiger partial charge on any atom is -0.383 e. The first-order chi connectivity index (χ1) is 11.9. The Balaban J connectivity index is 2.14. The molecule has 0 radical (unpaired) electrons. The van der Waals surface area contributed by atoms with E-state index in [0.29, 0.717) is 28.2 Å². The molecule has 0 aliphatic heterocycles. The van der Waals surface area contributed by atoms with Crippen molar-refractivity contribution in [2.45, 2.75) is 24.9 Å². The summed E-state index contributed by atoms with van der Waals surface area (Å²) >= 11 is 7.21. The smallest absolute Gasteiger partial charge is 0.318 e. The first kappa shape index (κ1) is 19.0. The van der Waals surface area contributed by atoms with Gasteiger partial charge in [0.1, 0.15) is 5.82 Å². The van der Waals surface area contributed by atoms with Gasteiger partial charge in [-0.2, -0.15) is 0 Å². The molecule has 0 fully saturated rings. The highest BCUT2D eigenvalue weighted by Gasteiger charge is 2.14. The summed E-state index contributed by atoms with van der Waals surface area (Å²) in [4.78, 5) is 30.8. The van der Waals surface area contributed by atoms with Crippen molar-refractivity contribution in [3.8, 4) is 11.1 Å². The van der Waals surface area contributed by atoms with Gasteiger partial charge in [0.2, 0.25) is 5.91 Å². The summed E-state index contributed by atoms with van der Waals surface area (Å²) in [6, 6.07) is 6.46. The number of carbonyl (C=O) groups is 2. The molecule has 0 spiro atoms. The number of amides is 3. The van der Waals surface area contributed by atoms with E-state index in [1.807, 2.05) is 24.4 Å². The van der Waals surface area contributed by atoms with Crippen LogP contribution in [0.2, 0.25) is 5.02 Å². The van der Waals surface area contributed by atoms with E-state index in [2.05, 4.69) is 9.97 Å². The van der Waals surface area contributed by atoms with Crippen molar-refractivity contribution in [3.05, 3.63) is 35.0 Å². The van der Waals surface area contributed by atoms with E-state index in [0.717, 1.165) is 16.8 Å². The fourth-order valence-electron chi connectivity index (χ4n) is 2.19. The summed E-state index contributed by atoms with van der Waals surface area (Å²) < 4.78 is 0. The monoisotopic (exact) mass is 379 g/mol. The van der Waals surface area contributed by atoms with Crippen molar-refractivity contribution in [3.63, 3.8) is 0 Å². The van der Waals surface area contributed by atoms with Crippen LogP contribution in [0.3, 0.4) is 0 Å². The number of nitrogens with zero attached hydrogens (tertiary/aromatic N) is 2. The lowest BCUT2D eigenvalue weighted by Crippen LogP contribution is -2.35. The maximum Gasteiger partial charge on any atom is 0.318 e. The van der Waals surface area contributed by atoms with Gasteiger partial charge in [0, 0.05) is 22.8 Å². The molecule has 0 aliphatic carbocycles. The number of aryl methyl sites for hydroxylation is 1. The van der Waals surface area contributed by atoms with Crippen LogP contribution < -0.4 is 16.8 Å². The van der Waals surface area contributed by atoms with Crippen LogP contribution in [0.25, 0.3) is 11.1 Å². The average molecular weight is 380 g/mol. The summed E-state index contributed by atoms with van der Waals surface area (Å²) in [5.41, 5.74) is 13.5. The molecule has 5 N–H and O–H groups in total.